The molecule has 0 aliphatic rings. The van der Waals surface area contributed by atoms with E-state index in [0.29, 0.717) is 18.4 Å². The number of alkyl carbamates (subject to hydrolysis) is 1. The van der Waals surface area contributed by atoms with E-state index in [9.17, 15) is 19.1 Å². The van der Waals surface area contributed by atoms with Crippen molar-refractivity contribution in [3.63, 3.8) is 0 Å². The number of carbonyl (C=O) groups is 2. The zero-order valence-corrected chi connectivity index (χ0v) is 21.3. The van der Waals surface area contributed by atoms with Gasteiger partial charge in [-0.05, 0) is 103 Å². The molecular weight excluding hydrogens is 617 g/mol. The van der Waals surface area contributed by atoms with Crippen LogP contribution in [0.3, 0.4) is 0 Å². The van der Waals surface area contributed by atoms with Gasteiger partial charge in [0, 0.05) is 17.7 Å². The predicted molar refractivity (Wildman–Crippen MR) is 130 cm³/mol. The van der Waals surface area contributed by atoms with Gasteiger partial charge in [0.25, 0.3) is 0 Å². The number of nitrogens with one attached hydrogen (secondary N) is 2. The lowest BCUT2D eigenvalue weighted by Gasteiger charge is -2.24. The Morgan fingerprint density at radius 2 is 1.80 bits per heavy atom. The molecule has 6 nitrogen and oxygen atoms in total. The number of hydrogen-bond donors (Lipinski definition) is 3. The number of amides is 2. The van der Waals surface area contributed by atoms with Gasteiger partial charge in [0.15, 0.2) is 0 Å². The molecule has 0 saturated carbocycles. The number of phenols is 1. The molecule has 1 atom stereocenters. The van der Waals surface area contributed by atoms with Crippen LogP contribution in [0.15, 0.2) is 30.3 Å². The molecule has 2 aromatic rings. The smallest absolute Gasteiger partial charge is 0.408 e. The van der Waals surface area contributed by atoms with Gasteiger partial charge in [-0.3, -0.25) is 4.79 Å². The minimum atomic E-state index is -0.973. The van der Waals surface area contributed by atoms with Crippen LogP contribution in [0.2, 0.25) is 0 Å². The first-order chi connectivity index (χ1) is 13.9. The van der Waals surface area contributed by atoms with Gasteiger partial charge in [0.1, 0.15) is 23.2 Å². The van der Waals surface area contributed by atoms with Gasteiger partial charge in [0.2, 0.25) is 5.91 Å². The summed E-state index contributed by atoms with van der Waals surface area (Å²) in [5, 5.41) is 15.3. The molecule has 162 valence electrons. The van der Waals surface area contributed by atoms with Crippen LogP contribution >= 0.6 is 45.2 Å². The highest BCUT2D eigenvalue weighted by molar-refractivity contribution is 14.1. The third-order valence-corrected chi connectivity index (χ3v) is 5.69. The quantitative estimate of drug-likeness (QED) is 0.396. The van der Waals surface area contributed by atoms with Crippen molar-refractivity contribution in [3.8, 4) is 5.75 Å². The molecule has 2 aromatic carbocycles. The van der Waals surface area contributed by atoms with Crippen molar-refractivity contribution in [3.05, 3.63) is 54.4 Å². The zero-order chi connectivity index (χ0) is 22.6. The Labute approximate surface area is 202 Å². The van der Waals surface area contributed by atoms with Gasteiger partial charge in [-0.15, -0.1) is 0 Å². The van der Waals surface area contributed by atoms with E-state index in [1.165, 1.54) is 12.1 Å². The first-order valence-electron chi connectivity index (χ1n) is 9.09. The predicted octanol–water partition coefficient (Wildman–Crippen LogP) is 5.12. The molecule has 0 bridgehead atoms. The molecule has 3 N–H and O–H groups in total. The number of rotatable bonds is 5. The van der Waals surface area contributed by atoms with E-state index >= 15 is 0 Å². The van der Waals surface area contributed by atoms with Crippen molar-refractivity contribution in [1.82, 2.24) is 5.32 Å². The fourth-order valence-electron chi connectivity index (χ4n) is 2.59. The molecule has 0 radical (unpaired) electrons. The van der Waals surface area contributed by atoms with Gasteiger partial charge in [-0.2, -0.15) is 0 Å². The minimum Gasteiger partial charge on any atom is -0.506 e. The van der Waals surface area contributed by atoms with E-state index in [1.807, 2.05) is 45.2 Å². The Kier molecular flexibility index (Phi) is 8.31. The standard InChI is InChI=1S/C21H23FI2N2O4/c1-11-13(22)6-5-7-16(11)25-19(28)17(26-20(29)30-21(2,3)4)10-12-8-14(23)18(27)15(24)9-12/h5-9,17,27H,10H2,1-4H3,(H,25,28)(H,26,29)/t17-/m0/s1. The maximum atomic E-state index is 13.8. The fourth-order valence-corrected chi connectivity index (χ4v) is 4.49. The number of hydrogen-bond acceptors (Lipinski definition) is 4. The van der Waals surface area contributed by atoms with Crippen LogP contribution < -0.4 is 10.6 Å². The number of carbonyl (C=O) groups excluding carboxylic acids is 2. The van der Waals surface area contributed by atoms with Gasteiger partial charge in [-0.25, -0.2) is 9.18 Å². The second-order valence-electron chi connectivity index (χ2n) is 7.71. The SMILES string of the molecule is Cc1c(F)cccc1NC(=O)[C@H](Cc1cc(I)c(O)c(I)c1)NC(=O)OC(C)(C)C. The summed E-state index contributed by atoms with van der Waals surface area (Å²) in [6, 6.07) is 6.90. The summed E-state index contributed by atoms with van der Waals surface area (Å²) in [6.45, 7) is 6.74. The molecule has 30 heavy (non-hydrogen) atoms. The summed E-state index contributed by atoms with van der Waals surface area (Å²) in [5.74, 6) is -0.781. The molecular formula is C21H23FI2N2O4. The second-order valence-corrected chi connectivity index (χ2v) is 10.0. The van der Waals surface area contributed by atoms with Crippen LogP contribution in [-0.4, -0.2) is 28.7 Å². The van der Waals surface area contributed by atoms with E-state index in [1.54, 1.807) is 45.9 Å². The maximum absolute atomic E-state index is 13.8. The lowest BCUT2D eigenvalue weighted by Crippen LogP contribution is -2.47. The zero-order valence-electron chi connectivity index (χ0n) is 17.0. The molecule has 0 aromatic heterocycles. The summed E-state index contributed by atoms with van der Waals surface area (Å²) in [7, 11) is 0. The largest absolute Gasteiger partial charge is 0.506 e. The Hall–Kier alpha value is -1.63. The minimum absolute atomic E-state index is 0.158. The van der Waals surface area contributed by atoms with Crippen LogP contribution in [0.4, 0.5) is 14.9 Å². The Bertz CT molecular complexity index is 938. The van der Waals surface area contributed by atoms with E-state index in [2.05, 4.69) is 10.6 Å². The number of aromatic hydroxyl groups is 1. The molecule has 0 aliphatic carbocycles. The molecule has 0 spiro atoms. The summed E-state index contributed by atoms with van der Waals surface area (Å²) in [4.78, 5) is 25.3. The van der Waals surface area contributed by atoms with Gasteiger partial charge in [0.05, 0.1) is 7.14 Å². The molecule has 0 aliphatic heterocycles. The Balaban J connectivity index is 2.29. The third kappa shape index (κ3) is 6.96. The van der Waals surface area contributed by atoms with Gasteiger partial charge < -0.3 is 20.5 Å². The average molecular weight is 640 g/mol. The highest BCUT2D eigenvalue weighted by Gasteiger charge is 2.26. The van der Waals surface area contributed by atoms with Crippen molar-refractivity contribution in [2.45, 2.75) is 45.8 Å². The van der Waals surface area contributed by atoms with E-state index in [0.717, 1.165) is 5.56 Å². The monoisotopic (exact) mass is 640 g/mol. The molecule has 0 fully saturated rings. The van der Waals surface area contributed by atoms with Crippen LogP contribution in [0.1, 0.15) is 31.9 Å². The molecule has 0 heterocycles. The summed E-state index contributed by atoms with van der Waals surface area (Å²) in [5.41, 5.74) is 0.642. The fraction of sp³-hybridized carbons (Fsp3) is 0.333. The molecule has 0 saturated heterocycles. The summed E-state index contributed by atoms with van der Waals surface area (Å²) in [6.07, 6.45) is -0.576. The van der Waals surface area contributed by atoms with Gasteiger partial charge in [-0.1, -0.05) is 6.07 Å². The molecule has 0 unspecified atom stereocenters. The Morgan fingerprint density at radius 3 is 2.37 bits per heavy atom. The number of anilines is 1. The van der Waals surface area contributed by atoms with Crippen LogP contribution in [0.25, 0.3) is 0 Å². The van der Waals surface area contributed by atoms with Crippen LogP contribution in [0, 0.1) is 19.9 Å². The van der Waals surface area contributed by atoms with E-state index in [4.69, 9.17) is 4.74 Å². The lowest BCUT2D eigenvalue weighted by molar-refractivity contribution is -0.118. The summed E-state index contributed by atoms with van der Waals surface area (Å²) >= 11 is 4.00. The average Bonchev–Trinajstić information content (AvgIpc) is 2.61. The highest BCUT2D eigenvalue weighted by Crippen LogP contribution is 2.28. The number of halogens is 3. The highest BCUT2D eigenvalue weighted by atomic mass is 127. The van der Waals surface area contributed by atoms with E-state index < -0.39 is 29.5 Å². The van der Waals surface area contributed by atoms with Crippen molar-refractivity contribution in [1.29, 1.82) is 0 Å². The Morgan fingerprint density at radius 1 is 1.20 bits per heavy atom. The lowest BCUT2D eigenvalue weighted by atomic mass is 10.0. The number of ether oxygens (including phenoxy) is 1. The molecule has 9 heteroatoms. The van der Waals surface area contributed by atoms with Crippen molar-refractivity contribution in [2.75, 3.05) is 5.32 Å². The summed E-state index contributed by atoms with van der Waals surface area (Å²) < 4.78 is 20.4. The van der Waals surface area contributed by atoms with Crippen LogP contribution in [-0.2, 0) is 16.0 Å². The molecule has 2 amide bonds. The van der Waals surface area contributed by atoms with E-state index in [-0.39, 0.29) is 12.2 Å². The third-order valence-electron chi connectivity index (χ3n) is 4.05. The molecule has 2 rings (SSSR count). The van der Waals surface area contributed by atoms with Gasteiger partial charge >= 0.3 is 6.09 Å². The first-order valence-corrected chi connectivity index (χ1v) is 11.3. The topological polar surface area (TPSA) is 87.7 Å². The van der Waals surface area contributed by atoms with Crippen molar-refractivity contribution in [2.24, 2.45) is 0 Å². The van der Waals surface area contributed by atoms with Crippen molar-refractivity contribution >= 4 is 62.9 Å². The van der Waals surface area contributed by atoms with Crippen molar-refractivity contribution < 1.29 is 23.8 Å². The number of benzene rings is 2. The normalized spacial score (nSPS) is 12.2. The van der Waals surface area contributed by atoms with Crippen LogP contribution in [0.5, 0.6) is 5.75 Å². The maximum Gasteiger partial charge on any atom is 0.408 e. The second kappa shape index (κ2) is 10.1. The first kappa shape index (κ1) is 24.6. The number of phenolic OH excluding ortho intramolecular Hbond substituents is 1.